The molecule has 0 aliphatic carbocycles. The predicted octanol–water partition coefficient (Wildman–Crippen LogP) is 1.37. The average Bonchev–Trinajstić information content (AvgIpc) is 1.65. The summed E-state index contributed by atoms with van der Waals surface area (Å²) in [5.41, 5.74) is 5.73. The predicted molar refractivity (Wildman–Crippen MR) is 33.1 cm³/mol. The van der Waals surface area contributed by atoms with Crippen LogP contribution in [-0.4, -0.2) is 6.54 Å². The maximum atomic E-state index is 11.9. The van der Waals surface area contributed by atoms with Crippen LogP contribution in [0.3, 0.4) is 0 Å². The number of rotatable bonds is 2. The second-order valence-corrected chi connectivity index (χ2v) is 1.59. The minimum Gasteiger partial charge on any atom is -0.327 e. The Morgan fingerprint density at radius 1 is 1.88 bits per heavy atom. The third-order valence-corrected chi connectivity index (χ3v) is 0.665. The molecule has 2 heteroatoms. The highest BCUT2D eigenvalue weighted by atomic mass is 19.1. The number of halogens is 1. The molecule has 0 fully saturated rings. The Labute approximate surface area is 48.7 Å². The van der Waals surface area contributed by atoms with E-state index in [0.29, 0.717) is 12.1 Å². The van der Waals surface area contributed by atoms with E-state index in [9.17, 15) is 4.39 Å². The van der Waals surface area contributed by atoms with Crippen LogP contribution >= 0.6 is 0 Å². The van der Waals surface area contributed by atoms with Crippen LogP contribution in [0.4, 0.5) is 4.39 Å². The minimum absolute atomic E-state index is 0.250. The molecule has 0 aliphatic heterocycles. The lowest BCUT2D eigenvalue weighted by molar-refractivity contribution is 0.639. The van der Waals surface area contributed by atoms with Crippen molar-refractivity contribution in [2.45, 2.75) is 6.92 Å². The number of hydrogen-bond donors (Lipinski definition) is 1. The molecule has 0 aromatic heterocycles. The van der Waals surface area contributed by atoms with Crippen LogP contribution in [0.5, 0.6) is 0 Å². The lowest BCUT2D eigenvalue weighted by Crippen LogP contribution is -1.99. The first-order valence-electron chi connectivity index (χ1n) is 2.38. The Balaban J connectivity index is 3.70. The summed E-state index contributed by atoms with van der Waals surface area (Å²) in [7, 11) is 0. The summed E-state index contributed by atoms with van der Waals surface area (Å²) in [5, 5.41) is 0. The molecule has 0 aliphatic rings. The number of hydrogen-bond acceptors (Lipinski definition) is 1. The highest BCUT2D eigenvalue weighted by molar-refractivity contribution is 5.16. The van der Waals surface area contributed by atoms with Gasteiger partial charge in [0.2, 0.25) is 0 Å². The molecular weight excluding hydrogens is 105 g/mol. The van der Waals surface area contributed by atoms with Crippen molar-refractivity contribution in [3.05, 3.63) is 24.1 Å². The van der Waals surface area contributed by atoms with Gasteiger partial charge in [0.05, 0.1) is 5.83 Å². The molecule has 0 aromatic carbocycles. The first kappa shape index (κ1) is 7.37. The molecule has 0 rings (SSSR count). The van der Waals surface area contributed by atoms with Crippen molar-refractivity contribution in [3.63, 3.8) is 0 Å². The summed E-state index contributed by atoms with van der Waals surface area (Å²) in [5.74, 6) is -0.250. The first-order valence-corrected chi connectivity index (χ1v) is 2.38. The maximum absolute atomic E-state index is 11.9. The highest BCUT2D eigenvalue weighted by Gasteiger charge is 1.84. The van der Waals surface area contributed by atoms with Crippen molar-refractivity contribution in [1.82, 2.24) is 0 Å². The van der Waals surface area contributed by atoms with Crippen LogP contribution < -0.4 is 5.73 Å². The fourth-order valence-corrected chi connectivity index (χ4v) is 0.340. The van der Waals surface area contributed by atoms with Gasteiger partial charge in [-0.1, -0.05) is 6.58 Å². The Kier molecular flexibility index (Phi) is 3.12. The second kappa shape index (κ2) is 3.38. The molecule has 0 aromatic rings. The third kappa shape index (κ3) is 3.56. The maximum Gasteiger partial charge on any atom is 0.0971 e. The van der Waals surface area contributed by atoms with Crippen LogP contribution in [0.15, 0.2) is 24.1 Å². The van der Waals surface area contributed by atoms with Gasteiger partial charge in [0.1, 0.15) is 0 Å². The molecule has 46 valence electrons. The summed E-state index contributed by atoms with van der Waals surface area (Å²) in [6, 6.07) is 0. The summed E-state index contributed by atoms with van der Waals surface area (Å²) in [6.45, 7) is 5.15. The highest BCUT2D eigenvalue weighted by Crippen LogP contribution is 1.97. The lowest BCUT2D eigenvalue weighted by atomic mass is 10.3. The zero-order valence-corrected chi connectivity index (χ0v) is 4.95. The first-order chi connectivity index (χ1) is 3.66. The van der Waals surface area contributed by atoms with Gasteiger partial charge < -0.3 is 5.73 Å². The van der Waals surface area contributed by atoms with Crippen LogP contribution in [0.1, 0.15) is 6.92 Å². The largest absolute Gasteiger partial charge is 0.327 e. The molecule has 0 radical (unpaired) electrons. The molecule has 0 heterocycles. The van der Waals surface area contributed by atoms with Gasteiger partial charge in [-0.25, -0.2) is 4.39 Å². The molecule has 0 saturated heterocycles. The monoisotopic (exact) mass is 115 g/mol. The van der Waals surface area contributed by atoms with Gasteiger partial charge in [0.25, 0.3) is 0 Å². The van der Waals surface area contributed by atoms with Crippen molar-refractivity contribution >= 4 is 0 Å². The van der Waals surface area contributed by atoms with Gasteiger partial charge in [-0.3, -0.25) is 0 Å². The van der Waals surface area contributed by atoms with E-state index in [-0.39, 0.29) is 5.83 Å². The van der Waals surface area contributed by atoms with Gasteiger partial charge in [-0.15, -0.1) is 0 Å². The fraction of sp³-hybridized carbons (Fsp3) is 0.333. The Hall–Kier alpha value is -0.630. The lowest BCUT2D eigenvalue weighted by Gasteiger charge is -1.89. The molecule has 1 nitrogen and oxygen atoms in total. The molecule has 0 bridgehead atoms. The van der Waals surface area contributed by atoms with Gasteiger partial charge >= 0.3 is 0 Å². The van der Waals surface area contributed by atoms with Crippen molar-refractivity contribution in [1.29, 1.82) is 0 Å². The van der Waals surface area contributed by atoms with E-state index in [1.807, 2.05) is 0 Å². The van der Waals surface area contributed by atoms with E-state index in [1.165, 1.54) is 13.0 Å². The third-order valence-electron chi connectivity index (χ3n) is 0.665. The summed E-state index contributed by atoms with van der Waals surface area (Å²) in [6.07, 6.45) is 1.32. The van der Waals surface area contributed by atoms with Gasteiger partial charge in [0, 0.05) is 6.54 Å². The van der Waals surface area contributed by atoms with Gasteiger partial charge in [-0.05, 0) is 18.6 Å². The van der Waals surface area contributed by atoms with Crippen LogP contribution in [0.25, 0.3) is 0 Å². The molecule has 0 saturated carbocycles. The van der Waals surface area contributed by atoms with Gasteiger partial charge in [-0.2, -0.15) is 0 Å². The summed E-state index contributed by atoms with van der Waals surface area (Å²) in [4.78, 5) is 0. The number of nitrogens with two attached hydrogens (primary N) is 1. The molecule has 0 atom stereocenters. The van der Waals surface area contributed by atoms with Crippen molar-refractivity contribution in [3.8, 4) is 0 Å². The standard InChI is InChI=1S/C6H10FN/c1-5(4-8)3-6(2)7/h3H,1,4,8H2,2H3/b6-3+. The Morgan fingerprint density at radius 2 is 2.38 bits per heavy atom. The molecule has 2 N–H and O–H groups in total. The molecule has 0 unspecified atom stereocenters. The van der Waals surface area contributed by atoms with E-state index in [1.54, 1.807) is 0 Å². The quantitative estimate of drug-likeness (QED) is 0.540. The molecular formula is C6H10FN. The van der Waals surface area contributed by atoms with E-state index in [4.69, 9.17) is 5.73 Å². The zero-order valence-electron chi connectivity index (χ0n) is 4.95. The normalized spacial score (nSPS) is 11.6. The van der Waals surface area contributed by atoms with E-state index in [2.05, 4.69) is 6.58 Å². The van der Waals surface area contributed by atoms with Crippen molar-refractivity contribution in [2.24, 2.45) is 5.73 Å². The SMILES string of the molecule is C=C(/C=C(\C)F)CN. The number of allylic oxidation sites excluding steroid dienone is 1. The van der Waals surface area contributed by atoms with Crippen LogP contribution in [0.2, 0.25) is 0 Å². The second-order valence-electron chi connectivity index (χ2n) is 1.59. The minimum atomic E-state index is -0.250. The van der Waals surface area contributed by atoms with E-state index < -0.39 is 0 Å². The Morgan fingerprint density at radius 3 is 2.50 bits per heavy atom. The summed E-state index contributed by atoms with van der Waals surface area (Å²) >= 11 is 0. The van der Waals surface area contributed by atoms with Crippen molar-refractivity contribution < 1.29 is 4.39 Å². The van der Waals surface area contributed by atoms with Crippen molar-refractivity contribution in [2.75, 3.05) is 6.54 Å². The summed E-state index contributed by atoms with van der Waals surface area (Å²) < 4.78 is 11.9. The fourth-order valence-electron chi connectivity index (χ4n) is 0.340. The average molecular weight is 115 g/mol. The van der Waals surface area contributed by atoms with E-state index in [0.717, 1.165) is 0 Å². The topological polar surface area (TPSA) is 26.0 Å². The molecule has 0 amide bonds. The molecule has 0 spiro atoms. The smallest absolute Gasteiger partial charge is 0.0971 e. The Bertz CT molecular complexity index is 112. The molecule has 8 heavy (non-hydrogen) atoms. The van der Waals surface area contributed by atoms with Crippen LogP contribution in [0, 0.1) is 0 Å². The zero-order chi connectivity index (χ0) is 6.57. The van der Waals surface area contributed by atoms with E-state index >= 15 is 0 Å². The van der Waals surface area contributed by atoms with Gasteiger partial charge in [0.15, 0.2) is 0 Å². The van der Waals surface area contributed by atoms with Crippen LogP contribution in [-0.2, 0) is 0 Å².